The Morgan fingerprint density at radius 2 is 2.19 bits per heavy atom. The van der Waals surface area contributed by atoms with Gasteiger partial charge in [0.2, 0.25) is 0 Å². The summed E-state index contributed by atoms with van der Waals surface area (Å²) in [6, 6.07) is 1.44. The van der Waals surface area contributed by atoms with Crippen LogP contribution in [0.2, 0.25) is 0 Å². The Kier molecular flexibility index (Phi) is 4.40. The third kappa shape index (κ3) is 3.12. The first kappa shape index (κ1) is 15.2. The highest BCUT2D eigenvalue weighted by Crippen LogP contribution is 2.26. The first-order valence-corrected chi connectivity index (χ1v) is 7.07. The minimum atomic E-state index is -0.536. The summed E-state index contributed by atoms with van der Waals surface area (Å²) in [5.41, 5.74) is 0.0858. The van der Waals surface area contributed by atoms with E-state index < -0.39 is 4.92 Å². The normalized spacial score (nSPS) is 22.0. The second-order valence-corrected chi connectivity index (χ2v) is 5.59. The average Bonchev–Trinajstić information content (AvgIpc) is 2.48. The van der Waals surface area contributed by atoms with Crippen LogP contribution in [0.15, 0.2) is 12.3 Å². The Morgan fingerprint density at radius 3 is 2.81 bits per heavy atom. The number of aromatic nitrogens is 1. The number of nitrogens with one attached hydrogen (secondary N) is 1. The predicted octanol–water partition coefficient (Wildman–Crippen LogP) is 2.29. The van der Waals surface area contributed by atoms with Crippen LogP contribution in [0, 0.1) is 16.0 Å². The van der Waals surface area contributed by atoms with Crippen LogP contribution in [0.25, 0.3) is 0 Å². The number of likely N-dealkylation sites (tertiary alicyclic amines) is 1. The van der Waals surface area contributed by atoms with Gasteiger partial charge in [-0.25, -0.2) is 4.98 Å². The van der Waals surface area contributed by atoms with Crippen LogP contribution in [0.5, 0.6) is 0 Å². The Morgan fingerprint density at radius 1 is 1.48 bits per heavy atom. The summed E-state index contributed by atoms with van der Waals surface area (Å²) >= 11 is 0. The lowest BCUT2D eigenvalue weighted by Gasteiger charge is -2.37. The Balaban J connectivity index is 2.36. The first-order chi connectivity index (χ1) is 9.93. The van der Waals surface area contributed by atoms with E-state index >= 15 is 0 Å². The summed E-state index contributed by atoms with van der Waals surface area (Å²) in [4.78, 5) is 28.9. The second kappa shape index (κ2) is 6.07. The number of hydrogen-bond acceptors (Lipinski definition) is 5. The van der Waals surface area contributed by atoms with Crippen LogP contribution in [0.1, 0.15) is 37.0 Å². The number of amides is 1. The molecule has 7 heteroatoms. The third-order valence-corrected chi connectivity index (χ3v) is 3.93. The largest absolute Gasteiger partial charge is 0.372 e. The molecule has 1 aromatic rings. The maximum atomic E-state index is 12.7. The zero-order chi connectivity index (χ0) is 15.6. The van der Waals surface area contributed by atoms with Crippen LogP contribution < -0.4 is 5.32 Å². The van der Waals surface area contributed by atoms with E-state index in [2.05, 4.69) is 17.2 Å². The molecule has 0 aromatic carbocycles. The van der Waals surface area contributed by atoms with E-state index in [1.165, 1.54) is 6.07 Å². The van der Waals surface area contributed by atoms with Crippen LogP contribution in [0.3, 0.4) is 0 Å². The molecule has 1 aliphatic heterocycles. The van der Waals surface area contributed by atoms with Gasteiger partial charge in [0.1, 0.15) is 12.0 Å². The van der Waals surface area contributed by atoms with E-state index in [-0.39, 0.29) is 23.2 Å². The van der Waals surface area contributed by atoms with Crippen molar-refractivity contribution in [2.24, 2.45) is 5.92 Å². The lowest BCUT2D eigenvalue weighted by atomic mass is 9.94. The van der Waals surface area contributed by atoms with Crippen molar-refractivity contribution in [1.29, 1.82) is 0 Å². The molecule has 2 unspecified atom stereocenters. The summed E-state index contributed by atoms with van der Waals surface area (Å²) in [7, 11) is 1.65. The fraction of sp³-hybridized carbons (Fsp3) is 0.571. The van der Waals surface area contributed by atoms with Crippen molar-refractivity contribution in [3.05, 3.63) is 27.9 Å². The molecule has 1 aliphatic rings. The number of nitro groups is 1. The minimum Gasteiger partial charge on any atom is -0.372 e. The van der Waals surface area contributed by atoms with E-state index in [4.69, 9.17) is 0 Å². The summed E-state index contributed by atoms with van der Waals surface area (Å²) < 4.78 is 0. The first-order valence-electron chi connectivity index (χ1n) is 7.07. The molecule has 1 aromatic heterocycles. The lowest BCUT2D eigenvalue weighted by molar-refractivity contribution is -0.385. The highest BCUT2D eigenvalue weighted by Gasteiger charge is 2.30. The number of piperidine rings is 1. The third-order valence-electron chi connectivity index (χ3n) is 3.93. The fourth-order valence-corrected chi connectivity index (χ4v) is 2.64. The zero-order valence-corrected chi connectivity index (χ0v) is 12.5. The van der Waals surface area contributed by atoms with E-state index in [9.17, 15) is 14.9 Å². The van der Waals surface area contributed by atoms with Crippen LogP contribution >= 0.6 is 0 Å². The molecule has 1 fully saturated rings. The molecule has 114 valence electrons. The van der Waals surface area contributed by atoms with Gasteiger partial charge in [-0.15, -0.1) is 0 Å². The van der Waals surface area contributed by atoms with Crippen molar-refractivity contribution in [2.75, 3.05) is 18.9 Å². The number of rotatable bonds is 3. The lowest BCUT2D eigenvalue weighted by Crippen LogP contribution is -2.45. The van der Waals surface area contributed by atoms with E-state index in [1.807, 2.05) is 6.92 Å². The predicted molar refractivity (Wildman–Crippen MR) is 79.3 cm³/mol. The van der Waals surface area contributed by atoms with Gasteiger partial charge in [0, 0.05) is 25.7 Å². The van der Waals surface area contributed by atoms with Gasteiger partial charge >= 0.3 is 0 Å². The maximum Gasteiger partial charge on any atom is 0.288 e. The monoisotopic (exact) mass is 292 g/mol. The molecule has 2 rings (SSSR count). The maximum absolute atomic E-state index is 12.7. The number of carbonyl (C=O) groups is 1. The van der Waals surface area contributed by atoms with Gasteiger partial charge in [0.15, 0.2) is 0 Å². The van der Waals surface area contributed by atoms with Gasteiger partial charge in [0.05, 0.1) is 10.5 Å². The number of carbonyl (C=O) groups excluding carboxylic acids is 1. The quantitative estimate of drug-likeness (QED) is 0.682. The second-order valence-electron chi connectivity index (χ2n) is 5.59. The number of anilines is 1. The summed E-state index contributed by atoms with van der Waals surface area (Å²) in [6.07, 6.45) is 3.20. The summed E-state index contributed by atoms with van der Waals surface area (Å²) in [6.45, 7) is 4.79. The molecule has 0 radical (unpaired) electrons. The number of hydrogen-bond donors (Lipinski definition) is 1. The van der Waals surface area contributed by atoms with Crippen molar-refractivity contribution < 1.29 is 9.72 Å². The van der Waals surface area contributed by atoms with Crippen molar-refractivity contribution in [3.8, 4) is 0 Å². The fourth-order valence-electron chi connectivity index (χ4n) is 2.64. The molecule has 2 atom stereocenters. The molecule has 21 heavy (non-hydrogen) atoms. The SMILES string of the molecule is CNc1ncc([N+](=O)[O-])cc1C(=O)N1CC(C)CCC1C. The zero-order valence-electron chi connectivity index (χ0n) is 12.5. The Hall–Kier alpha value is -2.18. The molecule has 2 heterocycles. The highest BCUT2D eigenvalue weighted by atomic mass is 16.6. The molecular formula is C14H20N4O3. The van der Waals surface area contributed by atoms with Gasteiger partial charge in [0.25, 0.3) is 11.6 Å². The van der Waals surface area contributed by atoms with Gasteiger partial charge in [-0.2, -0.15) is 0 Å². The summed E-state index contributed by atoms with van der Waals surface area (Å²) in [5, 5.41) is 13.7. The van der Waals surface area contributed by atoms with Crippen LogP contribution in [0.4, 0.5) is 11.5 Å². The van der Waals surface area contributed by atoms with Crippen LogP contribution in [-0.2, 0) is 0 Å². The van der Waals surface area contributed by atoms with Gasteiger partial charge in [-0.1, -0.05) is 6.92 Å². The molecule has 0 spiro atoms. The van der Waals surface area contributed by atoms with Crippen molar-refractivity contribution in [3.63, 3.8) is 0 Å². The van der Waals surface area contributed by atoms with E-state index in [0.29, 0.717) is 18.3 Å². The molecule has 1 amide bonds. The van der Waals surface area contributed by atoms with Crippen LogP contribution in [-0.4, -0.2) is 40.3 Å². The smallest absolute Gasteiger partial charge is 0.288 e. The molecule has 1 saturated heterocycles. The number of pyridine rings is 1. The Bertz CT molecular complexity index is 561. The van der Waals surface area contributed by atoms with Gasteiger partial charge in [-0.3, -0.25) is 14.9 Å². The molecule has 0 aliphatic carbocycles. The molecule has 0 saturated carbocycles. The van der Waals surface area contributed by atoms with Gasteiger partial charge in [-0.05, 0) is 25.7 Å². The molecule has 7 nitrogen and oxygen atoms in total. The standard InChI is InChI=1S/C14H20N4O3/c1-9-4-5-10(2)17(8-9)14(19)12-6-11(18(20)21)7-16-13(12)15-3/h6-7,9-10H,4-5,8H2,1-3H3,(H,15,16). The summed E-state index contributed by atoms with van der Waals surface area (Å²) in [5.74, 6) is 0.612. The minimum absolute atomic E-state index is 0.137. The molecule has 1 N–H and O–H groups in total. The topological polar surface area (TPSA) is 88.4 Å². The van der Waals surface area contributed by atoms with E-state index in [1.54, 1.807) is 11.9 Å². The van der Waals surface area contributed by atoms with Crippen molar-refractivity contribution in [1.82, 2.24) is 9.88 Å². The van der Waals surface area contributed by atoms with Gasteiger partial charge < -0.3 is 10.2 Å². The Labute approximate surface area is 123 Å². The van der Waals surface area contributed by atoms with Crippen molar-refractivity contribution >= 4 is 17.4 Å². The molecular weight excluding hydrogens is 272 g/mol. The highest BCUT2D eigenvalue weighted by molar-refractivity contribution is 5.99. The average molecular weight is 292 g/mol. The number of nitrogens with zero attached hydrogens (tertiary/aromatic N) is 3. The van der Waals surface area contributed by atoms with E-state index in [0.717, 1.165) is 19.0 Å². The molecule has 0 bridgehead atoms. The van der Waals surface area contributed by atoms with Crippen molar-refractivity contribution in [2.45, 2.75) is 32.7 Å².